The summed E-state index contributed by atoms with van der Waals surface area (Å²) in [7, 11) is 0. The Morgan fingerprint density at radius 3 is 2.79 bits per heavy atom. The van der Waals surface area contributed by atoms with Crippen LogP contribution < -0.4 is 5.32 Å². The molecule has 0 amide bonds. The summed E-state index contributed by atoms with van der Waals surface area (Å²) >= 11 is 1.95. The molecule has 1 aromatic rings. The fourth-order valence-electron chi connectivity index (χ4n) is 1.85. The van der Waals surface area contributed by atoms with Crippen LogP contribution in [0.25, 0.3) is 0 Å². The smallest absolute Gasteiger partial charge is 0.0443 e. The second-order valence-electron chi connectivity index (χ2n) is 4.22. The number of aryl methyl sites for hydroxylation is 1. The van der Waals surface area contributed by atoms with Crippen molar-refractivity contribution in [2.24, 2.45) is 5.92 Å². The summed E-state index contributed by atoms with van der Waals surface area (Å²) in [6, 6.07) is 5.18. The molecule has 0 aliphatic heterocycles. The van der Waals surface area contributed by atoms with E-state index in [1.807, 2.05) is 11.3 Å². The highest BCUT2D eigenvalue weighted by molar-refractivity contribution is 7.12. The Balaban J connectivity index is 2.02. The highest BCUT2D eigenvalue weighted by Crippen LogP contribution is 2.42. The van der Waals surface area contributed by atoms with E-state index in [1.54, 1.807) is 4.88 Å². The first-order valence-corrected chi connectivity index (χ1v) is 6.42. The first kappa shape index (κ1) is 10.2. The molecule has 1 unspecified atom stereocenters. The lowest BCUT2D eigenvalue weighted by molar-refractivity contribution is 0.488. The summed E-state index contributed by atoms with van der Waals surface area (Å²) < 4.78 is 0. The summed E-state index contributed by atoms with van der Waals surface area (Å²) in [4.78, 5) is 2.97. The van der Waals surface area contributed by atoms with Crippen LogP contribution in [-0.4, -0.2) is 6.54 Å². The van der Waals surface area contributed by atoms with Crippen molar-refractivity contribution in [2.45, 2.75) is 39.2 Å². The van der Waals surface area contributed by atoms with Crippen molar-refractivity contribution in [1.82, 2.24) is 5.32 Å². The normalized spacial score (nSPS) is 18.4. The third-order valence-electron chi connectivity index (χ3n) is 2.78. The number of thiophene rings is 1. The predicted octanol–water partition coefficient (Wildman–Crippen LogP) is 3.51. The van der Waals surface area contributed by atoms with Crippen LogP contribution in [0.3, 0.4) is 0 Å². The molecule has 1 aromatic heterocycles. The third-order valence-corrected chi connectivity index (χ3v) is 3.86. The van der Waals surface area contributed by atoms with Crippen LogP contribution in [0, 0.1) is 12.8 Å². The van der Waals surface area contributed by atoms with Crippen molar-refractivity contribution in [2.75, 3.05) is 6.54 Å². The van der Waals surface area contributed by atoms with Crippen molar-refractivity contribution in [3.8, 4) is 0 Å². The SMILES string of the molecule is CCCNC(c1ccc(C)s1)C1CC1. The second kappa shape index (κ2) is 4.45. The summed E-state index contributed by atoms with van der Waals surface area (Å²) in [5.41, 5.74) is 0. The highest BCUT2D eigenvalue weighted by atomic mass is 32.1. The molecule has 1 heterocycles. The Bertz CT molecular complexity index is 288. The lowest BCUT2D eigenvalue weighted by Gasteiger charge is -2.15. The van der Waals surface area contributed by atoms with Gasteiger partial charge in [0.05, 0.1) is 0 Å². The molecule has 0 aromatic carbocycles. The minimum Gasteiger partial charge on any atom is -0.309 e. The summed E-state index contributed by atoms with van der Waals surface area (Å²) in [5.74, 6) is 0.916. The molecule has 0 bridgehead atoms. The van der Waals surface area contributed by atoms with Crippen molar-refractivity contribution in [1.29, 1.82) is 0 Å². The Morgan fingerprint density at radius 1 is 1.50 bits per heavy atom. The van der Waals surface area contributed by atoms with Gasteiger partial charge < -0.3 is 5.32 Å². The number of hydrogen-bond donors (Lipinski definition) is 1. The summed E-state index contributed by atoms with van der Waals surface area (Å²) in [6.45, 7) is 5.58. The van der Waals surface area contributed by atoms with Crippen LogP contribution in [0.2, 0.25) is 0 Å². The molecule has 1 nitrogen and oxygen atoms in total. The maximum atomic E-state index is 3.67. The van der Waals surface area contributed by atoms with Crippen LogP contribution in [0.4, 0.5) is 0 Å². The molecule has 0 spiro atoms. The molecule has 1 fully saturated rings. The molecule has 78 valence electrons. The standard InChI is InChI=1S/C12H19NS/c1-3-8-13-12(10-5-6-10)11-7-4-9(2)14-11/h4,7,10,12-13H,3,5-6,8H2,1-2H3. The van der Waals surface area contributed by atoms with Gasteiger partial charge in [-0.1, -0.05) is 6.92 Å². The van der Waals surface area contributed by atoms with Gasteiger partial charge in [0.2, 0.25) is 0 Å². The highest BCUT2D eigenvalue weighted by Gasteiger charge is 2.32. The van der Waals surface area contributed by atoms with E-state index in [0.717, 1.165) is 12.5 Å². The third kappa shape index (κ3) is 2.37. The molecular weight excluding hydrogens is 190 g/mol. The van der Waals surface area contributed by atoms with Crippen LogP contribution in [-0.2, 0) is 0 Å². The zero-order chi connectivity index (χ0) is 9.97. The van der Waals surface area contributed by atoms with E-state index < -0.39 is 0 Å². The van der Waals surface area contributed by atoms with E-state index in [-0.39, 0.29) is 0 Å². The molecule has 0 radical (unpaired) electrons. The van der Waals surface area contributed by atoms with Crippen molar-refractivity contribution < 1.29 is 0 Å². The van der Waals surface area contributed by atoms with Crippen LogP contribution >= 0.6 is 11.3 Å². The second-order valence-corrected chi connectivity index (χ2v) is 5.54. The van der Waals surface area contributed by atoms with Gasteiger partial charge in [-0.3, -0.25) is 0 Å². The van der Waals surface area contributed by atoms with Crippen molar-refractivity contribution >= 4 is 11.3 Å². The van der Waals surface area contributed by atoms with E-state index in [0.29, 0.717) is 6.04 Å². The summed E-state index contributed by atoms with van der Waals surface area (Å²) in [5, 5.41) is 3.67. The number of nitrogens with one attached hydrogen (secondary N) is 1. The first-order chi connectivity index (χ1) is 6.81. The fraction of sp³-hybridized carbons (Fsp3) is 0.667. The monoisotopic (exact) mass is 209 g/mol. The minimum atomic E-state index is 0.647. The predicted molar refractivity (Wildman–Crippen MR) is 62.8 cm³/mol. The Hall–Kier alpha value is -0.340. The quantitative estimate of drug-likeness (QED) is 0.782. The molecule has 2 heteroatoms. The number of hydrogen-bond acceptors (Lipinski definition) is 2. The Kier molecular flexibility index (Phi) is 3.24. The van der Waals surface area contributed by atoms with Crippen LogP contribution in [0.5, 0.6) is 0 Å². The lowest BCUT2D eigenvalue weighted by atomic mass is 10.1. The lowest BCUT2D eigenvalue weighted by Crippen LogP contribution is -2.22. The molecule has 14 heavy (non-hydrogen) atoms. The molecule has 1 saturated carbocycles. The average Bonchev–Trinajstić information content (AvgIpc) is 2.91. The topological polar surface area (TPSA) is 12.0 Å². The van der Waals surface area contributed by atoms with E-state index in [9.17, 15) is 0 Å². The van der Waals surface area contributed by atoms with Gasteiger partial charge in [-0.2, -0.15) is 0 Å². The van der Waals surface area contributed by atoms with Crippen molar-refractivity contribution in [3.63, 3.8) is 0 Å². The van der Waals surface area contributed by atoms with E-state index in [4.69, 9.17) is 0 Å². The Morgan fingerprint density at radius 2 is 2.29 bits per heavy atom. The zero-order valence-corrected chi connectivity index (χ0v) is 9.86. The molecule has 1 atom stereocenters. The average molecular weight is 209 g/mol. The molecule has 1 aliphatic rings. The maximum absolute atomic E-state index is 3.67. The maximum Gasteiger partial charge on any atom is 0.0443 e. The number of rotatable bonds is 5. The van der Waals surface area contributed by atoms with Crippen LogP contribution in [0.1, 0.15) is 42.0 Å². The fourth-order valence-corrected chi connectivity index (χ4v) is 2.90. The van der Waals surface area contributed by atoms with Gasteiger partial charge in [-0.15, -0.1) is 11.3 Å². The van der Waals surface area contributed by atoms with Gasteiger partial charge in [0.15, 0.2) is 0 Å². The van der Waals surface area contributed by atoms with Crippen molar-refractivity contribution in [3.05, 3.63) is 21.9 Å². The summed E-state index contributed by atoms with van der Waals surface area (Å²) in [6.07, 6.45) is 4.06. The van der Waals surface area contributed by atoms with Gasteiger partial charge in [0, 0.05) is 15.8 Å². The molecule has 2 rings (SSSR count). The Labute approximate surface area is 90.5 Å². The van der Waals surface area contributed by atoms with Gasteiger partial charge in [0.25, 0.3) is 0 Å². The minimum absolute atomic E-state index is 0.647. The van der Waals surface area contributed by atoms with Crippen LogP contribution in [0.15, 0.2) is 12.1 Å². The molecule has 1 aliphatic carbocycles. The van der Waals surface area contributed by atoms with E-state index >= 15 is 0 Å². The van der Waals surface area contributed by atoms with Gasteiger partial charge in [-0.25, -0.2) is 0 Å². The van der Waals surface area contributed by atoms with Gasteiger partial charge >= 0.3 is 0 Å². The largest absolute Gasteiger partial charge is 0.309 e. The molecule has 0 saturated heterocycles. The first-order valence-electron chi connectivity index (χ1n) is 5.61. The van der Waals surface area contributed by atoms with Gasteiger partial charge in [-0.05, 0) is 50.8 Å². The zero-order valence-electron chi connectivity index (χ0n) is 9.05. The van der Waals surface area contributed by atoms with E-state index in [1.165, 1.54) is 24.1 Å². The van der Waals surface area contributed by atoms with E-state index in [2.05, 4.69) is 31.3 Å². The molecule has 1 N–H and O–H groups in total. The van der Waals surface area contributed by atoms with Gasteiger partial charge in [0.1, 0.15) is 0 Å². The molecular formula is C12H19NS.